The standard InChI is InChI=1S/C44H60N2O2/c1-6-10-30-45(31-11-7-2)42-26-22-37(23-27-42)18-14-16-20-39-35-44(48-5)40(34-41(39)36-47)21-17-15-19-38-24-28-43(29-25-38)46(32-12-8-3)33-13-9-4/h14-29,34-35,47H,6-13,30-33,36H2,1-5H3/b18-14+,19-15+,20-16+,21-17+. The second-order valence-corrected chi connectivity index (χ2v) is 12.5. The van der Waals surface area contributed by atoms with E-state index in [9.17, 15) is 5.11 Å². The number of aliphatic hydroxyl groups is 1. The Morgan fingerprint density at radius 2 is 0.938 bits per heavy atom. The molecular formula is C44H60N2O2. The number of nitrogens with zero attached hydrogens (tertiary/aromatic N) is 2. The highest BCUT2D eigenvalue weighted by Gasteiger charge is 2.08. The molecule has 0 fully saturated rings. The zero-order valence-corrected chi connectivity index (χ0v) is 30.3. The second kappa shape index (κ2) is 22.5. The number of rotatable bonds is 22. The first kappa shape index (κ1) is 38.4. The molecule has 0 aliphatic rings. The summed E-state index contributed by atoms with van der Waals surface area (Å²) in [7, 11) is 1.69. The lowest BCUT2D eigenvalue weighted by Gasteiger charge is -2.24. The van der Waals surface area contributed by atoms with Crippen LogP contribution >= 0.6 is 0 Å². The van der Waals surface area contributed by atoms with Crippen LogP contribution in [0.2, 0.25) is 0 Å². The van der Waals surface area contributed by atoms with Crippen LogP contribution in [0.25, 0.3) is 24.3 Å². The van der Waals surface area contributed by atoms with Crippen LogP contribution in [0.4, 0.5) is 11.4 Å². The van der Waals surface area contributed by atoms with Crippen LogP contribution in [0.15, 0.2) is 85.0 Å². The lowest BCUT2D eigenvalue weighted by molar-refractivity contribution is 0.281. The minimum Gasteiger partial charge on any atom is -0.496 e. The Hall–Kier alpha value is -4.02. The third-order valence-corrected chi connectivity index (χ3v) is 8.66. The van der Waals surface area contributed by atoms with Crippen molar-refractivity contribution in [3.05, 3.63) is 113 Å². The summed E-state index contributed by atoms with van der Waals surface area (Å²) in [5.41, 5.74) is 7.67. The smallest absolute Gasteiger partial charge is 0.126 e. The molecule has 3 rings (SSSR count). The summed E-state index contributed by atoms with van der Waals surface area (Å²) in [4.78, 5) is 5.02. The molecule has 0 bridgehead atoms. The van der Waals surface area contributed by atoms with Gasteiger partial charge in [0.1, 0.15) is 5.75 Å². The Kier molecular flexibility index (Phi) is 18.0. The summed E-state index contributed by atoms with van der Waals surface area (Å²) >= 11 is 0. The fourth-order valence-corrected chi connectivity index (χ4v) is 5.64. The van der Waals surface area contributed by atoms with E-state index >= 15 is 0 Å². The van der Waals surface area contributed by atoms with Crippen molar-refractivity contribution in [1.29, 1.82) is 0 Å². The number of benzene rings is 3. The van der Waals surface area contributed by atoms with Crippen molar-refractivity contribution in [2.24, 2.45) is 0 Å². The van der Waals surface area contributed by atoms with E-state index in [1.54, 1.807) is 7.11 Å². The van der Waals surface area contributed by atoms with Crippen LogP contribution in [0.5, 0.6) is 5.75 Å². The summed E-state index contributed by atoms with van der Waals surface area (Å²) in [6.45, 7) is 13.4. The quantitative estimate of drug-likeness (QED) is 0.110. The summed E-state index contributed by atoms with van der Waals surface area (Å²) in [6, 6.07) is 21.7. The van der Waals surface area contributed by atoms with Gasteiger partial charge in [-0.15, -0.1) is 0 Å². The first-order valence-corrected chi connectivity index (χ1v) is 18.3. The van der Waals surface area contributed by atoms with Crippen molar-refractivity contribution < 1.29 is 9.84 Å². The van der Waals surface area contributed by atoms with E-state index in [4.69, 9.17) is 4.74 Å². The van der Waals surface area contributed by atoms with Crippen molar-refractivity contribution in [1.82, 2.24) is 0 Å². The van der Waals surface area contributed by atoms with Crippen LogP contribution in [0.1, 0.15) is 107 Å². The number of aliphatic hydroxyl groups excluding tert-OH is 1. The molecule has 0 atom stereocenters. The fourth-order valence-electron chi connectivity index (χ4n) is 5.64. The predicted molar refractivity (Wildman–Crippen MR) is 212 cm³/mol. The molecule has 0 unspecified atom stereocenters. The maximum atomic E-state index is 10.2. The Bertz CT molecular complexity index is 1310. The summed E-state index contributed by atoms with van der Waals surface area (Å²) in [6.07, 6.45) is 26.2. The molecule has 3 aromatic carbocycles. The number of allylic oxidation sites excluding steroid dienone is 4. The van der Waals surface area contributed by atoms with Gasteiger partial charge in [0.25, 0.3) is 0 Å². The maximum Gasteiger partial charge on any atom is 0.126 e. The molecule has 0 heterocycles. The first-order valence-electron chi connectivity index (χ1n) is 18.3. The summed E-state index contributed by atoms with van der Waals surface area (Å²) in [5, 5.41) is 10.2. The van der Waals surface area contributed by atoms with Gasteiger partial charge in [0, 0.05) is 43.1 Å². The van der Waals surface area contributed by atoms with Crippen molar-refractivity contribution in [3.63, 3.8) is 0 Å². The van der Waals surface area contributed by atoms with Gasteiger partial charge in [-0.3, -0.25) is 0 Å². The first-order chi connectivity index (χ1) is 23.6. The minimum atomic E-state index is -0.0437. The molecule has 3 aromatic rings. The average molecular weight is 649 g/mol. The normalized spacial score (nSPS) is 11.9. The highest BCUT2D eigenvalue weighted by atomic mass is 16.5. The summed E-state index contributed by atoms with van der Waals surface area (Å²) < 4.78 is 5.73. The van der Waals surface area contributed by atoms with Crippen LogP contribution < -0.4 is 14.5 Å². The topological polar surface area (TPSA) is 35.9 Å². The number of anilines is 2. The largest absolute Gasteiger partial charge is 0.496 e. The minimum absolute atomic E-state index is 0.0437. The van der Waals surface area contributed by atoms with Gasteiger partial charge in [-0.1, -0.05) is 126 Å². The van der Waals surface area contributed by atoms with E-state index in [0.717, 1.165) is 48.6 Å². The Morgan fingerprint density at radius 3 is 1.31 bits per heavy atom. The van der Waals surface area contributed by atoms with E-state index in [2.05, 4.69) is 104 Å². The number of hydrogen-bond acceptors (Lipinski definition) is 4. The van der Waals surface area contributed by atoms with Crippen LogP contribution in [-0.2, 0) is 6.61 Å². The number of hydrogen-bond donors (Lipinski definition) is 1. The third-order valence-electron chi connectivity index (χ3n) is 8.66. The van der Waals surface area contributed by atoms with Crippen molar-refractivity contribution in [2.45, 2.75) is 85.7 Å². The van der Waals surface area contributed by atoms with E-state index in [1.165, 1.54) is 73.9 Å². The average Bonchev–Trinajstić information content (AvgIpc) is 3.12. The number of ether oxygens (including phenoxy) is 1. The van der Waals surface area contributed by atoms with Gasteiger partial charge in [-0.25, -0.2) is 0 Å². The molecule has 0 amide bonds. The zero-order valence-electron chi connectivity index (χ0n) is 30.3. The summed E-state index contributed by atoms with van der Waals surface area (Å²) in [5.74, 6) is 0.773. The molecule has 0 aliphatic heterocycles. The lowest BCUT2D eigenvalue weighted by atomic mass is 10.0. The fraction of sp³-hybridized carbons (Fsp3) is 0.409. The molecule has 4 heteroatoms. The number of methoxy groups -OCH3 is 1. The van der Waals surface area contributed by atoms with Gasteiger partial charge in [-0.05, 0) is 84.3 Å². The Balaban J connectivity index is 1.65. The van der Waals surface area contributed by atoms with E-state index in [-0.39, 0.29) is 6.61 Å². The van der Waals surface area contributed by atoms with Gasteiger partial charge in [0.2, 0.25) is 0 Å². The van der Waals surface area contributed by atoms with Crippen LogP contribution in [0, 0.1) is 0 Å². The molecule has 0 radical (unpaired) electrons. The van der Waals surface area contributed by atoms with Crippen LogP contribution in [-0.4, -0.2) is 38.4 Å². The Morgan fingerprint density at radius 1 is 0.542 bits per heavy atom. The van der Waals surface area contributed by atoms with Gasteiger partial charge < -0.3 is 19.6 Å². The third kappa shape index (κ3) is 12.9. The van der Waals surface area contributed by atoms with Gasteiger partial charge >= 0.3 is 0 Å². The van der Waals surface area contributed by atoms with Gasteiger partial charge in [-0.2, -0.15) is 0 Å². The highest BCUT2D eigenvalue weighted by Crippen LogP contribution is 2.27. The van der Waals surface area contributed by atoms with E-state index in [0.29, 0.717) is 0 Å². The molecule has 0 spiro atoms. The number of unbranched alkanes of at least 4 members (excludes halogenated alkanes) is 4. The van der Waals surface area contributed by atoms with Crippen molar-refractivity contribution in [2.75, 3.05) is 43.1 Å². The zero-order chi connectivity index (χ0) is 34.4. The molecule has 0 aliphatic carbocycles. The molecule has 4 nitrogen and oxygen atoms in total. The van der Waals surface area contributed by atoms with E-state index in [1.807, 2.05) is 42.5 Å². The monoisotopic (exact) mass is 648 g/mol. The van der Waals surface area contributed by atoms with Crippen molar-refractivity contribution >= 4 is 35.7 Å². The van der Waals surface area contributed by atoms with Gasteiger partial charge in [0.05, 0.1) is 13.7 Å². The maximum absolute atomic E-state index is 10.2. The lowest BCUT2D eigenvalue weighted by Crippen LogP contribution is -2.25. The molecule has 0 saturated carbocycles. The van der Waals surface area contributed by atoms with Crippen LogP contribution in [0.3, 0.4) is 0 Å². The molecule has 1 N–H and O–H groups in total. The Labute approximate surface area is 292 Å². The van der Waals surface area contributed by atoms with Crippen molar-refractivity contribution in [3.8, 4) is 5.75 Å². The molecule has 48 heavy (non-hydrogen) atoms. The van der Waals surface area contributed by atoms with E-state index < -0.39 is 0 Å². The highest BCUT2D eigenvalue weighted by molar-refractivity contribution is 5.68. The predicted octanol–water partition coefficient (Wildman–Crippen LogP) is 11.5. The molecule has 0 aromatic heterocycles. The molecule has 0 saturated heterocycles. The van der Waals surface area contributed by atoms with Gasteiger partial charge in [0.15, 0.2) is 0 Å². The molecular weight excluding hydrogens is 588 g/mol. The molecule has 258 valence electrons. The SMILES string of the molecule is CCCCN(CCCC)c1ccc(/C=C/C=C/c2cc(OC)c(/C=C/C=C/c3ccc(N(CCCC)CCCC)cc3)cc2CO)cc1. The second-order valence-electron chi connectivity index (χ2n) is 12.5.